The summed E-state index contributed by atoms with van der Waals surface area (Å²) in [5.74, 6) is 0.617. The predicted octanol–water partition coefficient (Wildman–Crippen LogP) is 1.44. The lowest BCUT2D eigenvalue weighted by molar-refractivity contribution is -0.133. The Hall–Kier alpha value is -2.57. The third kappa shape index (κ3) is 6.06. The first kappa shape index (κ1) is 19.8. The summed E-state index contributed by atoms with van der Waals surface area (Å²) in [7, 11) is 0. The molecule has 1 atom stereocenters. The summed E-state index contributed by atoms with van der Waals surface area (Å²) < 4.78 is 0. The Morgan fingerprint density at radius 1 is 1.27 bits per heavy atom. The van der Waals surface area contributed by atoms with Crippen molar-refractivity contribution >= 4 is 23.5 Å². The minimum Gasteiger partial charge on any atom is -0.357 e. The van der Waals surface area contributed by atoms with Crippen molar-refractivity contribution in [2.45, 2.75) is 33.2 Å². The quantitative estimate of drug-likeness (QED) is 0.530. The number of aliphatic imine (C=N–C) groups is 1. The summed E-state index contributed by atoms with van der Waals surface area (Å²) in [6.45, 7) is 7.96. The Morgan fingerprint density at radius 2 is 2.00 bits per heavy atom. The Kier molecular flexibility index (Phi) is 7.44. The molecule has 1 saturated heterocycles. The first-order valence-electron chi connectivity index (χ1n) is 9.18. The van der Waals surface area contributed by atoms with Gasteiger partial charge < -0.3 is 20.9 Å². The zero-order valence-electron chi connectivity index (χ0n) is 15.8. The van der Waals surface area contributed by atoms with Crippen LogP contribution in [0.4, 0.5) is 5.69 Å². The summed E-state index contributed by atoms with van der Waals surface area (Å²) in [6.07, 6.45) is 0.874. The Bertz CT molecular complexity index is 630. The molecule has 1 aromatic carbocycles. The van der Waals surface area contributed by atoms with E-state index in [0.717, 1.165) is 18.7 Å². The van der Waals surface area contributed by atoms with Gasteiger partial charge in [0, 0.05) is 37.3 Å². The van der Waals surface area contributed by atoms with Gasteiger partial charge in [0.1, 0.15) is 6.54 Å². The summed E-state index contributed by atoms with van der Waals surface area (Å²) in [6, 6.07) is 9.46. The summed E-state index contributed by atoms with van der Waals surface area (Å²) in [4.78, 5) is 30.4. The van der Waals surface area contributed by atoms with Crippen molar-refractivity contribution in [2.24, 2.45) is 10.9 Å². The lowest BCUT2D eigenvalue weighted by atomic mass is 10.2. The number of nitrogens with zero attached hydrogens (tertiary/aromatic N) is 2. The van der Waals surface area contributed by atoms with Crippen molar-refractivity contribution in [3.05, 3.63) is 30.3 Å². The maximum absolute atomic E-state index is 12.1. The number of carbonyl (C=O) groups excluding carboxylic acids is 2. The molecule has 0 spiro atoms. The molecule has 0 aromatic heterocycles. The minimum atomic E-state index is -0.170. The van der Waals surface area contributed by atoms with Crippen LogP contribution in [0.2, 0.25) is 0 Å². The van der Waals surface area contributed by atoms with Crippen LogP contribution in [0.5, 0.6) is 0 Å². The third-order valence-corrected chi connectivity index (χ3v) is 4.12. The van der Waals surface area contributed by atoms with Gasteiger partial charge in [0.2, 0.25) is 11.8 Å². The zero-order chi connectivity index (χ0) is 18.9. The van der Waals surface area contributed by atoms with E-state index in [2.05, 4.69) is 20.9 Å². The Balaban J connectivity index is 1.86. The lowest BCUT2D eigenvalue weighted by Crippen LogP contribution is -2.45. The van der Waals surface area contributed by atoms with Crippen LogP contribution in [0, 0.1) is 5.92 Å². The maximum Gasteiger partial charge on any atom is 0.246 e. The molecule has 0 bridgehead atoms. The fourth-order valence-corrected chi connectivity index (χ4v) is 2.83. The normalized spacial score (nSPS) is 17.3. The van der Waals surface area contributed by atoms with E-state index in [1.54, 1.807) is 0 Å². The van der Waals surface area contributed by atoms with E-state index >= 15 is 0 Å². The van der Waals surface area contributed by atoms with E-state index < -0.39 is 0 Å². The molecule has 142 valence electrons. The lowest BCUT2D eigenvalue weighted by Gasteiger charge is -2.20. The molecule has 2 rings (SSSR count). The predicted molar refractivity (Wildman–Crippen MR) is 104 cm³/mol. The molecule has 26 heavy (non-hydrogen) atoms. The molecule has 1 unspecified atom stereocenters. The second-order valence-electron chi connectivity index (χ2n) is 6.68. The largest absolute Gasteiger partial charge is 0.357 e. The van der Waals surface area contributed by atoms with Gasteiger partial charge >= 0.3 is 0 Å². The number of amides is 2. The number of likely N-dealkylation sites (tertiary alicyclic amines) is 1. The molecule has 7 nitrogen and oxygen atoms in total. The summed E-state index contributed by atoms with van der Waals surface area (Å²) in [5.41, 5.74) is 0.754. The Morgan fingerprint density at radius 3 is 2.65 bits per heavy atom. The van der Waals surface area contributed by atoms with Crippen molar-refractivity contribution in [3.8, 4) is 0 Å². The number of rotatable bonds is 6. The van der Waals surface area contributed by atoms with Gasteiger partial charge in [0.05, 0.1) is 0 Å². The number of anilines is 1. The maximum atomic E-state index is 12.1. The van der Waals surface area contributed by atoms with E-state index in [1.165, 1.54) is 0 Å². The number of guanidine groups is 1. The van der Waals surface area contributed by atoms with Gasteiger partial charge in [-0.05, 0) is 25.5 Å². The third-order valence-electron chi connectivity index (χ3n) is 4.12. The van der Waals surface area contributed by atoms with Crippen LogP contribution >= 0.6 is 0 Å². The van der Waals surface area contributed by atoms with Crippen LogP contribution in [0.1, 0.15) is 27.2 Å². The van der Waals surface area contributed by atoms with Crippen molar-refractivity contribution < 1.29 is 9.59 Å². The fourth-order valence-electron chi connectivity index (χ4n) is 2.83. The standard InChI is InChI=1S/C19H29N5O2/c1-4-20-19(21-12-17(25)22-15-8-6-5-7-9-15)23-16-10-11-24(13-16)18(26)14(2)3/h5-9,14,16H,4,10-13H2,1-3H3,(H,22,25)(H2,20,21,23). The molecule has 1 aromatic rings. The molecule has 1 aliphatic heterocycles. The topological polar surface area (TPSA) is 85.8 Å². The number of nitrogens with one attached hydrogen (secondary N) is 3. The van der Waals surface area contributed by atoms with Gasteiger partial charge in [-0.3, -0.25) is 9.59 Å². The van der Waals surface area contributed by atoms with E-state index in [4.69, 9.17) is 0 Å². The molecule has 1 heterocycles. The number of hydrogen-bond acceptors (Lipinski definition) is 3. The van der Waals surface area contributed by atoms with Crippen molar-refractivity contribution in [1.82, 2.24) is 15.5 Å². The first-order chi connectivity index (χ1) is 12.5. The number of para-hydroxylation sites is 1. The van der Waals surface area contributed by atoms with Crippen LogP contribution in [-0.4, -0.2) is 54.9 Å². The van der Waals surface area contributed by atoms with Gasteiger partial charge in [-0.25, -0.2) is 4.99 Å². The molecule has 2 amide bonds. The van der Waals surface area contributed by atoms with Gasteiger partial charge in [-0.1, -0.05) is 32.0 Å². The summed E-state index contributed by atoms with van der Waals surface area (Å²) in [5, 5.41) is 9.29. The fraction of sp³-hybridized carbons (Fsp3) is 0.526. The minimum absolute atomic E-state index is 0.0114. The van der Waals surface area contributed by atoms with Gasteiger partial charge in [0.15, 0.2) is 5.96 Å². The van der Waals surface area contributed by atoms with Gasteiger partial charge in [0.25, 0.3) is 0 Å². The Labute approximate surface area is 155 Å². The van der Waals surface area contributed by atoms with Crippen LogP contribution in [0.15, 0.2) is 35.3 Å². The first-order valence-corrected chi connectivity index (χ1v) is 9.18. The second-order valence-corrected chi connectivity index (χ2v) is 6.68. The average Bonchev–Trinajstić information content (AvgIpc) is 3.08. The van der Waals surface area contributed by atoms with Crippen LogP contribution in [-0.2, 0) is 9.59 Å². The molecule has 3 N–H and O–H groups in total. The average molecular weight is 359 g/mol. The highest BCUT2D eigenvalue weighted by atomic mass is 16.2. The van der Waals surface area contributed by atoms with Crippen LogP contribution in [0.25, 0.3) is 0 Å². The zero-order valence-corrected chi connectivity index (χ0v) is 15.8. The van der Waals surface area contributed by atoms with E-state index in [1.807, 2.05) is 56.0 Å². The smallest absolute Gasteiger partial charge is 0.246 e. The van der Waals surface area contributed by atoms with Crippen LogP contribution < -0.4 is 16.0 Å². The molecule has 0 aliphatic carbocycles. The van der Waals surface area contributed by atoms with Gasteiger partial charge in [-0.2, -0.15) is 0 Å². The van der Waals surface area contributed by atoms with Gasteiger partial charge in [-0.15, -0.1) is 0 Å². The van der Waals surface area contributed by atoms with Crippen molar-refractivity contribution in [1.29, 1.82) is 0 Å². The van der Waals surface area contributed by atoms with Crippen molar-refractivity contribution in [3.63, 3.8) is 0 Å². The van der Waals surface area contributed by atoms with E-state index in [-0.39, 0.29) is 30.3 Å². The number of benzene rings is 1. The van der Waals surface area contributed by atoms with Crippen LogP contribution in [0.3, 0.4) is 0 Å². The molecule has 0 radical (unpaired) electrons. The second kappa shape index (κ2) is 9.79. The van der Waals surface area contributed by atoms with E-state index in [9.17, 15) is 9.59 Å². The number of hydrogen-bond donors (Lipinski definition) is 3. The highest BCUT2D eigenvalue weighted by Crippen LogP contribution is 2.12. The number of carbonyl (C=O) groups is 2. The highest BCUT2D eigenvalue weighted by Gasteiger charge is 2.27. The molecule has 1 aliphatic rings. The van der Waals surface area contributed by atoms with E-state index in [0.29, 0.717) is 19.0 Å². The molecular formula is C19H29N5O2. The molecular weight excluding hydrogens is 330 g/mol. The molecule has 1 fully saturated rings. The summed E-state index contributed by atoms with van der Waals surface area (Å²) >= 11 is 0. The highest BCUT2D eigenvalue weighted by molar-refractivity contribution is 5.94. The van der Waals surface area contributed by atoms with Crippen molar-refractivity contribution in [2.75, 3.05) is 31.5 Å². The molecule has 0 saturated carbocycles. The SMILES string of the molecule is CCNC(=NCC(=O)Nc1ccccc1)NC1CCN(C(=O)C(C)C)C1. The molecule has 7 heteroatoms. The monoisotopic (exact) mass is 359 g/mol.